The normalized spacial score (nSPS) is 15.7. The summed E-state index contributed by atoms with van der Waals surface area (Å²) in [5.74, 6) is 1.17. The van der Waals surface area contributed by atoms with E-state index >= 15 is 0 Å². The Morgan fingerprint density at radius 1 is 1.15 bits per heavy atom. The maximum absolute atomic E-state index is 12.4. The van der Waals surface area contributed by atoms with E-state index in [9.17, 15) is 9.59 Å². The van der Waals surface area contributed by atoms with Crippen molar-refractivity contribution in [2.45, 2.75) is 26.2 Å². The van der Waals surface area contributed by atoms with Gasteiger partial charge in [0.1, 0.15) is 5.82 Å². The number of rotatable bonds is 6. The summed E-state index contributed by atoms with van der Waals surface area (Å²) in [6.07, 6.45) is 4.36. The van der Waals surface area contributed by atoms with Crippen molar-refractivity contribution in [3.63, 3.8) is 0 Å². The number of amides is 2. The van der Waals surface area contributed by atoms with Gasteiger partial charge in [-0.05, 0) is 68.1 Å². The maximum Gasteiger partial charge on any atom is 0.256 e. The van der Waals surface area contributed by atoms with Crippen LogP contribution in [0.3, 0.4) is 0 Å². The van der Waals surface area contributed by atoms with Gasteiger partial charge in [0.25, 0.3) is 5.91 Å². The van der Waals surface area contributed by atoms with Crippen LogP contribution < -0.4 is 16.0 Å². The van der Waals surface area contributed by atoms with Crippen LogP contribution in [-0.4, -0.2) is 29.9 Å². The third-order valence-corrected chi connectivity index (χ3v) is 5.01. The Hall–Kier alpha value is -2.73. The van der Waals surface area contributed by atoms with Gasteiger partial charge in [0, 0.05) is 23.9 Å². The van der Waals surface area contributed by atoms with Gasteiger partial charge in [-0.2, -0.15) is 0 Å². The molecule has 27 heavy (non-hydrogen) atoms. The van der Waals surface area contributed by atoms with Crippen LogP contribution in [0, 0.1) is 11.8 Å². The van der Waals surface area contributed by atoms with E-state index in [0.717, 1.165) is 25.9 Å². The lowest BCUT2D eigenvalue weighted by atomic mass is 9.84. The van der Waals surface area contributed by atoms with Crippen LogP contribution in [0.4, 0.5) is 11.5 Å². The molecular formula is C21H26N4O2. The molecule has 6 heteroatoms. The van der Waals surface area contributed by atoms with E-state index in [1.54, 1.807) is 42.6 Å². The Balaban J connectivity index is 1.56. The summed E-state index contributed by atoms with van der Waals surface area (Å²) in [5, 5.41) is 9.02. The first kappa shape index (κ1) is 19.0. The summed E-state index contributed by atoms with van der Waals surface area (Å²) in [4.78, 5) is 28.9. The first-order valence-corrected chi connectivity index (χ1v) is 9.45. The van der Waals surface area contributed by atoms with Gasteiger partial charge in [-0.25, -0.2) is 4.98 Å². The van der Waals surface area contributed by atoms with Gasteiger partial charge in [0.2, 0.25) is 5.91 Å². The summed E-state index contributed by atoms with van der Waals surface area (Å²) in [6, 6.07) is 12.3. The summed E-state index contributed by atoms with van der Waals surface area (Å²) < 4.78 is 0. The molecule has 0 spiro atoms. The monoisotopic (exact) mass is 366 g/mol. The number of aromatic nitrogens is 1. The minimum atomic E-state index is -0.257. The Morgan fingerprint density at radius 2 is 1.96 bits per heavy atom. The van der Waals surface area contributed by atoms with Crippen LogP contribution >= 0.6 is 0 Å². The number of nitrogens with one attached hydrogen (secondary N) is 3. The average Bonchev–Trinajstić information content (AvgIpc) is 2.69. The fraction of sp³-hybridized carbons (Fsp3) is 0.381. The number of hydrogen-bond acceptors (Lipinski definition) is 4. The van der Waals surface area contributed by atoms with E-state index in [2.05, 4.69) is 27.9 Å². The number of hydrogen-bond donors (Lipinski definition) is 3. The van der Waals surface area contributed by atoms with E-state index in [1.165, 1.54) is 0 Å². The molecule has 2 amide bonds. The van der Waals surface area contributed by atoms with E-state index in [1.807, 2.05) is 6.07 Å². The van der Waals surface area contributed by atoms with Gasteiger partial charge >= 0.3 is 0 Å². The van der Waals surface area contributed by atoms with Gasteiger partial charge in [0.05, 0.1) is 0 Å². The second-order valence-electron chi connectivity index (χ2n) is 7.07. The molecule has 2 aromatic rings. The molecule has 1 aliphatic rings. The molecule has 0 bridgehead atoms. The molecule has 6 nitrogen and oxygen atoms in total. The van der Waals surface area contributed by atoms with Crippen molar-refractivity contribution in [2.24, 2.45) is 11.8 Å². The van der Waals surface area contributed by atoms with E-state index in [-0.39, 0.29) is 11.8 Å². The summed E-state index contributed by atoms with van der Waals surface area (Å²) in [6.45, 7) is 4.21. The Bertz CT molecular complexity index is 773. The fourth-order valence-corrected chi connectivity index (χ4v) is 3.45. The molecule has 1 saturated heterocycles. The number of carbonyl (C=O) groups is 2. The standard InChI is InChI=1S/C21H26N4O2/c1-15(16-8-11-22-12-9-16)13-20(26)24-18-6-4-5-17(14-18)21(27)25-19-7-2-3-10-23-19/h2-7,10,14-16,22H,8-9,11-13H2,1H3,(H,24,26)(H,23,25,27). The van der Waals surface area contributed by atoms with Crippen LogP contribution in [0.25, 0.3) is 0 Å². The summed E-state index contributed by atoms with van der Waals surface area (Å²) in [5.41, 5.74) is 1.11. The van der Waals surface area contributed by atoms with Gasteiger partial charge in [-0.3, -0.25) is 9.59 Å². The van der Waals surface area contributed by atoms with E-state index in [0.29, 0.717) is 35.3 Å². The molecule has 2 heterocycles. The van der Waals surface area contributed by atoms with Gasteiger partial charge in [-0.1, -0.05) is 19.1 Å². The first-order chi connectivity index (χ1) is 13.1. The summed E-state index contributed by atoms with van der Waals surface area (Å²) in [7, 11) is 0. The molecule has 1 atom stereocenters. The zero-order valence-corrected chi connectivity index (χ0v) is 15.6. The molecule has 3 rings (SSSR count). The SMILES string of the molecule is CC(CC(=O)Nc1cccc(C(=O)Nc2ccccn2)c1)C1CCNCC1. The Kier molecular flexibility index (Phi) is 6.54. The molecular weight excluding hydrogens is 340 g/mol. The van der Waals surface area contributed by atoms with Crippen LogP contribution in [0.5, 0.6) is 0 Å². The quantitative estimate of drug-likeness (QED) is 0.732. The minimum absolute atomic E-state index is 0.0108. The molecule has 0 saturated carbocycles. The second kappa shape index (κ2) is 9.28. The highest BCUT2D eigenvalue weighted by Gasteiger charge is 2.22. The Morgan fingerprint density at radius 3 is 2.70 bits per heavy atom. The Labute approximate surface area is 159 Å². The van der Waals surface area contributed by atoms with Crippen molar-refractivity contribution in [1.82, 2.24) is 10.3 Å². The molecule has 1 aromatic heterocycles. The van der Waals surface area contributed by atoms with E-state index < -0.39 is 0 Å². The molecule has 142 valence electrons. The number of pyridine rings is 1. The molecule has 1 unspecified atom stereocenters. The van der Waals surface area contributed by atoms with Gasteiger partial charge in [0.15, 0.2) is 0 Å². The number of nitrogens with zero attached hydrogens (tertiary/aromatic N) is 1. The number of piperidine rings is 1. The second-order valence-corrected chi connectivity index (χ2v) is 7.07. The number of benzene rings is 1. The summed E-state index contributed by atoms with van der Waals surface area (Å²) >= 11 is 0. The van der Waals surface area contributed by atoms with Crippen LogP contribution in [0.15, 0.2) is 48.7 Å². The topological polar surface area (TPSA) is 83.1 Å². The third kappa shape index (κ3) is 5.62. The smallest absolute Gasteiger partial charge is 0.256 e. The lowest BCUT2D eigenvalue weighted by molar-refractivity contribution is -0.117. The lowest BCUT2D eigenvalue weighted by Crippen LogP contribution is -2.32. The highest BCUT2D eigenvalue weighted by atomic mass is 16.2. The van der Waals surface area contributed by atoms with Crippen molar-refractivity contribution < 1.29 is 9.59 Å². The molecule has 1 aromatic carbocycles. The van der Waals surface area contributed by atoms with E-state index in [4.69, 9.17) is 0 Å². The van der Waals surface area contributed by atoms with Crippen LogP contribution in [0.2, 0.25) is 0 Å². The number of carbonyl (C=O) groups excluding carboxylic acids is 2. The van der Waals surface area contributed by atoms with Crippen molar-refractivity contribution in [2.75, 3.05) is 23.7 Å². The molecule has 1 aliphatic heterocycles. The van der Waals surface area contributed by atoms with Crippen molar-refractivity contribution in [3.8, 4) is 0 Å². The predicted octanol–water partition coefficient (Wildman–Crippen LogP) is 3.30. The van der Waals surface area contributed by atoms with Crippen molar-refractivity contribution >= 4 is 23.3 Å². The molecule has 0 radical (unpaired) electrons. The van der Waals surface area contributed by atoms with Gasteiger partial charge < -0.3 is 16.0 Å². The largest absolute Gasteiger partial charge is 0.326 e. The minimum Gasteiger partial charge on any atom is -0.326 e. The zero-order valence-electron chi connectivity index (χ0n) is 15.6. The van der Waals surface area contributed by atoms with Crippen molar-refractivity contribution in [3.05, 3.63) is 54.2 Å². The lowest BCUT2D eigenvalue weighted by Gasteiger charge is -2.27. The molecule has 3 N–H and O–H groups in total. The van der Waals surface area contributed by atoms with Crippen molar-refractivity contribution in [1.29, 1.82) is 0 Å². The van der Waals surface area contributed by atoms with Crippen LogP contribution in [-0.2, 0) is 4.79 Å². The van der Waals surface area contributed by atoms with Gasteiger partial charge in [-0.15, -0.1) is 0 Å². The van der Waals surface area contributed by atoms with Crippen LogP contribution in [0.1, 0.15) is 36.5 Å². The first-order valence-electron chi connectivity index (χ1n) is 9.45. The predicted molar refractivity (Wildman–Crippen MR) is 107 cm³/mol. The highest BCUT2D eigenvalue weighted by Crippen LogP contribution is 2.24. The molecule has 1 fully saturated rings. The maximum atomic E-state index is 12.4. The number of anilines is 2. The molecule has 0 aliphatic carbocycles. The average molecular weight is 366 g/mol. The third-order valence-electron chi connectivity index (χ3n) is 5.01. The fourth-order valence-electron chi connectivity index (χ4n) is 3.45. The zero-order chi connectivity index (χ0) is 19.1. The highest BCUT2D eigenvalue weighted by molar-refractivity contribution is 6.04.